The molecule has 0 unspecified atom stereocenters. The van der Waals surface area contributed by atoms with Crippen molar-refractivity contribution < 1.29 is 17.7 Å². The highest BCUT2D eigenvalue weighted by Crippen LogP contribution is 2.27. The third-order valence-electron chi connectivity index (χ3n) is 2.66. The molecule has 3 rings (SSSR count). The first kappa shape index (κ1) is 13.0. The van der Waals surface area contributed by atoms with Crippen molar-refractivity contribution in [2.75, 3.05) is 0 Å². The smallest absolute Gasteiger partial charge is 0.294 e. The van der Waals surface area contributed by atoms with Crippen LogP contribution >= 0.6 is 11.3 Å². The molecule has 0 fully saturated rings. The first-order chi connectivity index (χ1) is 9.52. The summed E-state index contributed by atoms with van der Waals surface area (Å²) in [7, 11) is -4.18. The molecule has 0 bridgehead atoms. The number of benzene rings is 2. The highest BCUT2D eigenvalue weighted by Gasteiger charge is 2.09. The van der Waals surface area contributed by atoms with Gasteiger partial charge in [-0.25, -0.2) is 4.98 Å². The first-order valence-corrected chi connectivity index (χ1v) is 7.93. The molecule has 0 aliphatic rings. The minimum atomic E-state index is -4.18. The van der Waals surface area contributed by atoms with Crippen LogP contribution in [0.2, 0.25) is 0 Å². The van der Waals surface area contributed by atoms with Crippen LogP contribution in [0.15, 0.2) is 52.9 Å². The molecular formula is C13H9NO4S2. The van der Waals surface area contributed by atoms with Gasteiger partial charge in [0.25, 0.3) is 10.1 Å². The van der Waals surface area contributed by atoms with E-state index >= 15 is 0 Å². The Hall–Kier alpha value is -1.96. The van der Waals surface area contributed by atoms with Crippen molar-refractivity contribution in [3.63, 3.8) is 0 Å². The van der Waals surface area contributed by atoms with E-state index in [0.29, 0.717) is 11.5 Å². The molecule has 0 spiro atoms. The molecule has 0 saturated carbocycles. The third-order valence-corrected chi connectivity index (χ3v) is 4.32. The maximum atomic E-state index is 10.9. The molecule has 3 aromatic rings. The number of hydrogen-bond acceptors (Lipinski definition) is 5. The van der Waals surface area contributed by atoms with Crippen LogP contribution < -0.4 is 4.74 Å². The van der Waals surface area contributed by atoms with E-state index in [1.54, 1.807) is 11.6 Å². The van der Waals surface area contributed by atoms with Gasteiger partial charge in [0.2, 0.25) is 0 Å². The van der Waals surface area contributed by atoms with Gasteiger partial charge in [-0.05, 0) is 36.4 Å². The van der Waals surface area contributed by atoms with Crippen LogP contribution in [-0.4, -0.2) is 18.0 Å². The van der Waals surface area contributed by atoms with E-state index in [1.807, 2.05) is 12.1 Å². The van der Waals surface area contributed by atoms with Gasteiger partial charge in [-0.15, -0.1) is 11.3 Å². The molecule has 7 heteroatoms. The van der Waals surface area contributed by atoms with E-state index in [-0.39, 0.29) is 4.90 Å². The van der Waals surface area contributed by atoms with Crippen molar-refractivity contribution in [2.24, 2.45) is 0 Å². The minimum Gasteiger partial charge on any atom is -0.457 e. The number of aromatic nitrogens is 1. The molecule has 0 atom stereocenters. The van der Waals surface area contributed by atoms with Crippen LogP contribution in [0.25, 0.3) is 10.2 Å². The quantitative estimate of drug-likeness (QED) is 0.751. The topological polar surface area (TPSA) is 76.5 Å². The van der Waals surface area contributed by atoms with Crippen LogP contribution in [0, 0.1) is 0 Å². The lowest BCUT2D eigenvalue weighted by Crippen LogP contribution is -1.97. The van der Waals surface area contributed by atoms with Crippen LogP contribution in [-0.2, 0) is 10.1 Å². The molecule has 0 radical (unpaired) electrons. The van der Waals surface area contributed by atoms with E-state index in [1.165, 1.54) is 35.6 Å². The molecule has 0 saturated heterocycles. The number of hydrogen-bond donors (Lipinski definition) is 1. The van der Waals surface area contributed by atoms with Gasteiger partial charge in [-0.2, -0.15) is 8.42 Å². The summed E-state index contributed by atoms with van der Waals surface area (Å²) in [5.41, 5.74) is 2.67. The van der Waals surface area contributed by atoms with Gasteiger partial charge in [0.15, 0.2) is 0 Å². The zero-order valence-electron chi connectivity index (χ0n) is 10.1. The second-order valence-corrected chi connectivity index (χ2v) is 6.34. The van der Waals surface area contributed by atoms with Crippen LogP contribution in [0.3, 0.4) is 0 Å². The zero-order valence-corrected chi connectivity index (χ0v) is 11.7. The Morgan fingerprint density at radius 1 is 1.05 bits per heavy atom. The number of rotatable bonds is 3. The van der Waals surface area contributed by atoms with Gasteiger partial charge in [0, 0.05) is 6.07 Å². The lowest BCUT2D eigenvalue weighted by molar-refractivity contribution is 0.478. The molecule has 102 valence electrons. The standard InChI is InChI=1S/C13H9NO4S2/c15-20(16,17)11-4-1-9(2-5-11)18-10-3-6-12-13(7-10)19-8-14-12/h1-8H,(H,15,16,17). The number of thiazole rings is 1. The number of ether oxygens (including phenoxy) is 1. The number of fused-ring (bicyclic) bond motifs is 1. The van der Waals surface area contributed by atoms with Crippen molar-refractivity contribution in [2.45, 2.75) is 4.90 Å². The Bertz CT molecular complexity index is 853. The Morgan fingerprint density at radius 2 is 1.75 bits per heavy atom. The Morgan fingerprint density at radius 3 is 2.45 bits per heavy atom. The predicted octanol–water partition coefficient (Wildman–Crippen LogP) is 3.34. The largest absolute Gasteiger partial charge is 0.457 e. The van der Waals surface area contributed by atoms with Crippen LogP contribution in [0.4, 0.5) is 0 Å². The van der Waals surface area contributed by atoms with Crippen molar-refractivity contribution in [3.05, 3.63) is 48.0 Å². The molecule has 0 aliphatic heterocycles. The summed E-state index contributed by atoms with van der Waals surface area (Å²) in [6.45, 7) is 0. The van der Waals surface area contributed by atoms with Gasteiger partial charge in [-0.3, -0.25) is 4.55 Å². The second kappa shape index (κ2) is 4.86. The molecule has 0 aliphatic carbocycles. The Labute approximate surface area is 119 Å². The van der Waals surface area contributed by atoms with Gasteiger partial charge < -0.3 is 4.74 Å². The molecule has 20 heavy (non-hydrogen) atoms. The van der Waals surface area contributed by atoms with E-state index < -0.39 is 10.1 Å². The van der Waals surface area contributed by atoms with E-state index in [4.69, 9.17) is 9.29 Å². The lowest BCUT2D eigenvalue weighted by Gasteiger charge is -2.06. The summed E-state index contributed by atoms with van der Waals surface area (Å²) in [6.07, 6.45) is 0. The molecule has 2 aromatic carbocycles. The highest BCUT2D eigenvalue weighted by molar-refractivity contribution is 7.85. The number of nitrogens with zero attached hydrogens (tertiary/aromatic N) is 1. The predicted molar refractivity (Wildman–Crippen MR) is 76.0 cm³/mol. The Kier molecular flexibility index (Phi) is 3.17. The summed E-state index contributed by atoms with van der Waals surface area (Å²) in [6, 6.07) is 11.1. The SMILES string of the molecule is O=S(=O)(O)c1ccc(Oc2ccc3ncsc3c2)cc1. The van der Waals surface area contributed by atoms with Crippen molar-refractivity contribution in [1.29, 1.82) is 0 Å². The fourth-order valence-corrected chi connectivity index (χ4v) is 2.90. The normalized spacial score (nSPS) is 11.7. The monoisotopic (exact) mass is 307 g/mol. The second-order valence-electron chi connectivity index (χ2n) is 4.03. The third kappa shape index (κ3) is 2.64. The molecule has 1 N–H and O–H groups in total. The van der Waals surface area contributed by atoms with Crippen LogP contribution in [0.1, 0.15) is 0 Å². The molecular weight excluding hydrogens is 298 g/mol. The molecule has 5 nitrogen and oxygen atoms in total. The van der Waals surface area contributed by atoms with Crippen molar-refractivity contribution in [3.8, 4) is 11.5 Å². The summed E-state index contributed by atoms with van der Waals surface area (Å²) in [5.74, 6) is 1.13. The summed E-state index contributed by atoms with van der Waals surface area (Å²) in [5, 5.41) is 0. The summed E-state index contributed by atoms with van der Waals surface area (Å²) < 4.78 is 37.4. The van der Waals surface area contributed by atoms with Gasteiger partial charge >= 0.3 is 0 Å². The van der Waals surface area contributed by atoms with Crippen LogP contribution in [0.5, 0.6) is 11.5 Å². The van der Waals surface area contributed by atoms with E-state index in [9.17, 15) is 8.42 Å². The van der Waals surface area contributed by atoms with Crippen molar-refractivity contribution >= 4 is 31.7 Å². The maximum Gasteiger partial charge on any atom is 0.294 e. The first-order valence-electron chi connectivity index (χ1n) is 5.61. The van der Waals surface area contributed by atoms with Gasteiger partial charge in [0.05, 0.1) is 20.6 Å². The van der Waals surface area contributed by atoms with Crippen molar-refractivity contribution in [1.82, 2.24) is 4.98 Å². The average Bonchev–Trinajstić information content (AvgIpc) is 2.86. The highest BCUT2D eigenvalue weighted by atomic mass is 32.2. The van der Waals surface area contributed by atoms with E-state index in [2.05, 4.69) is 4.98 Å². The summed E-state index contributed by atoms with van der Waals surface area (Å²) >= 11 is 1.51. The molecule has 1 heterocycles. The molecule has 0 amide bonds. The molecule has 1 aromatic heterocycles. The zero-order chi connectivity index (χ0) is 14.2. The van der Waals surface area contributed by atoms with Gasteiger partial charge in [0.1, 0.15) is 11.5 Å². The average molecular weight is 307 g/mol. The fraction of sp³-hybridized carbons (Fsp3) is 0. The lowest BCUT2D eigenvalue weighted by atomic mass is 10.3. The minimum absolute atomic E-state index is 0.164. The summed E-state index contributed by atoms with van der Waals surface area (Å²) in [4.78, 5) is 4.01. The maximum absolute atomic E-state index is 10.9. The van der Waals surface area contributed by atoms with E-state index in [0.717, 1.165) is 10.2 Å². The van der Waals surface area contributed by atoms with Gasteiger partial charge in [-0.1, -0.05) is 0 Å². The Balaban J connectivity index is 1.87. The fourth-order valence-electron chi connectivity index (χ4n) is 1.71.